The molecule has 3 aromatic rings. The SMILES string of the molecule is Nc1onc(-c2cncs2)c1-c1ccc(F)cc1F. The van der Waals surface area contributed by atoms with Gasteiger partial charge in [0.1, 0.15) is 17.3 Å². The van der Waals surface area contributed by atoms with Gasteiger partial charge < -0.3 is 10.3 Å². The molecule has 0 amide bonds. The highest BCUT2D eigenvalue weighted by Gasteiger charge is 2.21. The number of rotatable bonds is 2. The third kappa shape index (κ3) is 1.97. The second kappa shape index (κ2) is 4.43. The van der Waals surface area contributed by atoms with Gasteiger partial charge in [-0.1, -0.05) is 5.16 Å². The Hall–Kier alpha value is -2.28. The van der Waals surface area contributed by atoms with Crippen LogP contribution < -0.4 is 5.73 Å². The number of benzene rings is 1. The second-order valence-electron chi connectivity index (χ2n) is 3.76. The summed E-state index contributed by atoms with van der Waals surface area (Å²) in [5, 5.41) is 3.81. The highest BCUT2D eigenvalue weighted by atomic mass is 32.1. The van der Waals surface area contributed by atoms with Gasteiger partial charge in [-0.2, -0.15) is 0 Å². The summed E-state index contributed by atoms with van der Waals surface area (Å²) in [6.45, 7) is 0. The second-order valence-corrected chi connectivity index (χ2v) is 4.65. The van der Waals surface area contributed by atoms with Crippen LogP contribution in [0.25, 0.3) is 21.7 Å². The van der Waals surface area contributed by atoms with E-state index in [-0.39, 0.29) is 11.4 Å². The Kier molecular flexibility index (Phi) is 2.75. The quantitative estimate of drug-likeness (QED) is 0.781. The molecule has 2 N–H and O–H groups in total. The summed E-state index contributed by atoms with van der Waals surface area (Å²) in [6, 6.07) is 3.25. The van der Waals surface area contributed by atoms with Crippen molar-refractivity contribution in [3.05, 3.63) is 41.5 Å². The molecule has 2 heterocycles. The Morgan fingerprint density at radius 3 is 2.79 bits per heavy atom. The molecule has 0 bridgehead atoms. The van der Waals surface area contributed by atoms with Gasteiger partial charge in [0.05, 0.1) is 16.0 Å². The largest absolute Gasteiger partial charge is 0.367 e. The van der Waals surface area contributed by atoms with Crippen LogP contribution in [0.2, 0.25) is 0 Å². The first kappa shape index (κ1) is 11.8. The molecule has 0 radical (unpaired) electrons. The van der Waals surface area contributed by atoms with Crippen molar-refractivity contribution in [1.82, 2.24) is 10.1 Å². The van der Waals surface area contributed by atoms with Crippen LogP contribution in [0.4, 0.5) is 14.7 Å². The topological polar surface area (TPSA) is 64.9 Å². The highest BCUT2D eigenvalue weighted by Crippen LogP contribution is 2.38. The van der Waals surface area contributed by atoms with E-state index in [0.717, 1.165) is 12.1 Å². The van der Waals surface area contributed by atoms with Crippen molar-refractivity contribution >= 4 is 17.2 Å². The van der Waals surface area contributed by atoms with Gasteiger partial charge >= 0.3 is 0 Å². The van der Waals surface area contributed by atoms with Crippen LogP contribution in [0.1, 0.15) is 0 Å². The summed E-state index contributed by atoms with van der Waals surface area (Å²) >= 11 is 1.32. The van der Waals surface area contributed by atoms with E-state index in [4.69, 9.17) is 10.3 Å². The first-order chi connectivity index (χ1) is 9.16. The predicted molar refractivity (Wildman–Crippen MR) is 67.4 cm³/mol. The maximum Gasteiger partial charge on any atom is 0.230 e. The average Bonchev–Trinajstić information content (AvgIpc) is 2.99. The van der Waals surface area contributed by atoms with E-state index in [1.165, 1.54) is 17.4 Å². The molecular weight excluding hydrogens is 272 g/mol. The minimum absolute atomic E-state index is 0.0195. The molecule has 0 unspecified atom stereocenters. The molecule has 19 heavy (non-hydrogen) atoms. The number of aromatic nitrogens is 2. The van der Waals surface area contributed by atoms with E-state index in [1.807, 2.05) is 0 Å². The van der Waals surface area contributed by atoms with E-state index in [0.29, 0.717) is 16.1 Å². The van der Waals surface area contributed by atoms with E-state index < -0.39 is 11.6 Å². The molecule has 0 saturated heterocycles. The number of nitrogens with two attached hydrogens (primary N) is 1. The van der Waals surface area contributed by atoms with Crippen LogP contribution in [0.15, 0.2) is 34.4 Å². The molecule has 0 saturated carbocycles. The molecule has 2 aromatic heterocycles. The maximum absolute atomic E-state index is 13.8. The fraction of sp³-hybridized carbons (Fsp3) is 0. The fourth-order valence-electron chi connectivity index (χ4n) is 1.76. The Bertz CT molecular complexity index is 725. The normalized spacial score (nSPS) is 10.8. The van der Waals surface area contributed by atoms with Crippen molar-refractivity contribution in [1.29, 1.82) is 0 Å². The number of anilines is 1. The third-order valence-electron chi connectivity index (χ3n) is 2.58. The Balaban J connectivity index is 2.22. The molecule has 0 spiro atoms. The number of hydrogen-bond donors (Lipinski definition) is 1. The Labute approximate surface area is 110 Å². The maximum atomic E-state index is 13.8. The molecule has 4 nitrogen and oxygen atoms in total. The predicted octanol–water partition coefficient (Wildman–Crippen LogP) is 3.33. The molecule has 3 rings (SSSR count). The molecule has 0 aliphatic heterocycles. The summed E-state index contributed by atoms with van der Waals surface area (Å²) in [7, 11) is 0. The molecule has 1 aromatic carbocycles. The summed E-state index contributed by atoms with van der Waals surface area (Å²) in [5.74, 6) is -1.40. The van der Waals surface area contributed by atoms with Crippen molar-refractivity contribution < 1.29 is 13.3 Å². The molecule has 0 atom stereocenters. The van der Waals surface area contributed by atoms with Gasteiger partial charge in [0.2, 0.25) is 5.88 Å². The van der Waals surface area contributed by atoms with Crippen LogP contribution in [0, 0.1) is 11.6 Å². The van der Waals surface area contributed by atoms with Crippen molar-refractivity contribution in [3.63, 3.8) is 0 Å². The molecular formula is C12H7F2N3OS. The van der Waals surface area contributed by atoms with Crippen molar-refractivity contribution in [2.24, 2.45) is 0 Å². The fourth-order valence-corrected chi connectivity index (χ4v) is 2.36. The van der Waals surface area contributed by atoms with Crippen molar-refractivity contribution in [3.8, 4) is 21.7 Å². The van der Waals surface area contributed by atoms with E-state index in [2.05, 4.69) is 10.1 Å². The minimum Gasteiger partial charge on any atom is -0.367 e. The van der Waals surface area contributed by atoms with Gasteiger partial charge in [0, 0.05) is 17.8 Å². The van der Waals surface area contributed by atoms with Gasteiger partial charge in [-0.25, -0.2) is 8.78 Å². The van der Waals surface area contributed by atoms with Gasteiger partial charge in [-0.15, -0.1) is 11.3 Å². The molecule has 0 aliphatic rings. The van der Waals surface area contributed by atoms with E-state index >= 15 is 0 Å². The zero-order valence-electron chi connectivity index (χ0n) is 9.43. The number of nitrogens with zero attached hydrogens (tertiary/aromatic N) is 2. The summed E-state index contributed by atoms with van der Waals surface area (Å²) < 4.78 is 31.7. The lowest BCUT2D eigenvalue weighted by Crippen LogP contribution is -1.91. The van der Waals surface area contributed by atoms with E-state index in [9.17, 15) is 8.78 Å². The minimum atomic E-state index is -0.722. The third-order valence-corrected chi connectivity index (χ3v) is 3.36. The number of thiazole rings is 1. The standard InChI is InChI=1S/C12H7F2N3OS/c13-6-1-2-7(8(14)3-6)10-11(17-18-12(10)15)9-4-16-5-19-9/h1-5H,15H2. The Morgan fingerprint density at radius 2 is 2.11 bits per heavy atom. The lowest BCUT2D eigenvalue weighted by Gasteiger charge is -2.02. The first-order valence-corrected chi connectivity index (χ1v) is 6.14. The first-order valence-electron chi connectivity index (χ1n) is 5.26. The summed E-state index contributed by atoms with van der Waals surface area (Å²) in [4.78, 5) is 4.62. The van der Waals surface area contributed by atoms with Crippen molar-refractivity contribution in [2.45, 2.75) is 0 Å². The molecule has 96 valence electrons. The van der Waals surface area contributed by atoms with Crippen LogP contribution >= 0.6 is 11.3 Å². The van der Waals surface area contributed by atoms with Crippen LogP contribution in [0.5, 0.6) is 0 Å². The van der Waals surface area contributed by atoms with E-state index in [1.54, 1.807) is 11.7 Å². The van der Waals surface area contributed by atoms with Gasteiger partial charge in [0.15, 0.2) is 0 Å². The smallest absolute Gasteiger partial charge is 0.230 e. The summed E-state index contributed by atoms with van der Waals surface area (Å²) in [6.07, 6.45) is 1.58. The zero-order valence-corrected chi connectivity index (χ0v) is 10.2. The molecule has 0 aliphatic carbocycles. The van der Waals surface area contributed by atoms with Crippen LogP contribution in [-0.4, -0.2) is 10.1 Å². The monoisotopic (exact) mass is 279 g/mol. The number of halogens is 2. The average molecular weight is 279 g/mol. The highest BCUT2D eigenvalue weighted by molar-refractivity contribution is 7.13. The van der Waals surface area contributed by atoms with Gasteiger partial charge in [-0.3, -0.25) is 4.98 Å². The number of nitrogen functional groups attached to an aromatic ring is 1. The number of hydrogen-bond acceptors (Lipinski definition) is 5. The molecule has 7 heteroatoms. The molecule has 0 fully saturated rings. The Morgan fingerprint density at radius 1 is 1.26 bits per heavy atom. The van der Waals surface area contributed by atoms with Gasteiger partial charge in [-0.05, 0) is 12.1 Å². The lowest BCUT2D eigenvalue weighted by molar-refractivity contribution is 0.439. The van der Waals surface area contributed by atoms with Crippen LogP contribution in [0.3, 0.4) is 0 Å². The lowest BCUT2D eigenvalue weighted by atomic mass is 10.0. The summed E-state index contributed by atoms with van der Waals surface area (Å²) in [5.41, 5.74) is 8.14. The zero-order chi connectivity index (χ0) is 13.4. The van der Waals surface area contributed by atoms with Crippen molar-refractivity contribution in [2.75, 3.05) is 5.73 Å². The van der Waals surface area contributed by atoms with Gasteiger partial charge in [0.25, 0.3) is 0 Å². The van der Waals surface area contributed by atoms with Crippen LogP contribution in [-0.2, 0) is 0 Å².